The lowest BCUT2D eigenvalue weighted by atomic mass is 9.72. The molecule has 5 rings (SSSR count). The largest absolute Gasteiger partial charge is 0.462 e. The van der Waals surface area contributed by atoms with Crippen molar-refractivity contribution in [3.05, 3.63) is 108 Å². The van der Waals surface area contributed by atoms with Gasteiger partial charge in [-0.2, -0.15) is 0 Å². The van der Waals surface area contributed by atoms with Crippen LogP contribution in [0, 0.1) is 11.8 Å². The zero-order valence-corrected chi connectivity index (χ0v) is 30.1. The van der Waals surface area contributed by atoms with Crippen molar-refractivity contribution in [2.45, 2.75) is 83.0 Å². The minimum atomic E-state index is -1.15. The number of amides is 3. The van der Waals surface area contributed by atoms with E-state index < -0.39 is 59.9 Å². The standard InChI is InChI=1S/C41H44N2O11/c1-27(44)42-36-31(21-7-2-3-14-22-35(47)54-43-33(45)23-24-34(43)46)25-32(26-51-39(48)28-15-8-4-9-16-28)37(52-40(49)29-17-10-5-11-18-29)38(36)53-41(50)30-19-12-6-13-20-30/h4-6,8-13,15-20,31-32,36-38H,2-3,7,14,21-26H2,1H3,(H,42,44)/t31?,32-,36+,37+,38-/m1/s1. The van der Waals surface area contributed by atoms with E-state index in [4.69, 9.17) is 19.0 Å². The van der Waals surface area contributed by atoms with Crippen LogP contribution in [0.3, 0.4) is 0 Å². The van der Waals surface area contributed by atoms with E-state index in [1.54, 1.807) is 91.0 Å². The highest BCUT2D eigenvalue weighted by atomic mass is 16.7. The fourth-order valence-corrected chi connectivity index (χ4v) is 6.82. The van der Waals surface area contributed by atoms with Crippen LogP contribution in [0.1, 0.15) is 95.8 Å². The molecule has 1 unspecified atom stereocenters. The van der Waals surface area contributed by atoms with Crippen molar-refractivity contribution in [1.29, 1.82) is 0 Å². The Balaban J connectivity index is 1.34. The smallest absolute Gasteiger partial charge is 0.338 e. The molecule has 1 saturated heterocycles. The summed E-state index contributed by atoms with van der Waals surface area (Å²) in [6.07, 6.45) is 1.14. The highest BCUT2D eigenvalue weighted by Crippen LogP contribution is 2.38. The molecule has 1 heterocycles. The first-order valence-electron chi connectivity index (χ1n) is 18.2. The van der Waals surface area contributed by atoms with Crippen molar-refractivity contribution in [2.24, 2.45) is 11.8 Å². The molecule has 1 N–H and O–H groups in total. The van der Waals surface area contributed by atoms with E-state index in [0.29, 0.717) is 49.2 Å². The number of nitrogens with one attached hydrogen (secondary N) is 1. The van der Waals surface area contributed by atoms with E-state index in [9.17, 15) is 33.6 Å². The zero-order chi connectivity index (χ0) is 38.5. The number of ether oxygens (including phenoxy) is 3. The Morgan fingerprint density at radius 3 is 1.69 bits per heavy atom. The average Bonchev–Trinajstić information content (AvgIpc) is 3.50. The topological polar surface area (TPSA) is 172 Å². The summed E-state index contributed by atoms with van der Waals surface area (Å²) in [6.45, 7) is 1.20. The van der Waals surface area contributed by atoms with Gasteiger partial charge in [0.15, 0.2) is 6.10 Å². The Bertz CT molecular complexity index is 1770. The lowest BCUT2D eigenvalue weighted by Gasteiger charge is -2.46. The Labute approximate surface area is 313 Å². The molecule has 3 aromatic carbocycles. The van der Waals surface area contributed by atoms with Gasteiger partial charge in [0.25, 0.3) is 11.8 Å². The van der Waals surface area contributed by atoms with Crippen molar-refractivity contribution in [2.75, 3.05) is 6.61 Å². The van der Waals surface area contributed by atoms with Crippen LogP contribution in [-0.2, 0) is 38.2 Å². The number of esters is 3. The molecule has 1 aliphatic heterocycles. The maximum atomic E-state index is 13.6. The van der Waals surface area contributed by atoms with Gasteiger partial charge >= 0.3 is 23.9 Å². The molecule has 0 aromatic heterocycles. The van der Waals surface area contributed by atoms with Crippen LogP contribution < -0.4 is 5.32 Å². The summed E-state index contributed by atoms with van der Waals surface area (Å²) in [7, 11) is 0. The fraction of sp³-hybridized carbons (Fsp3) is 0.390. The number of nitrogens with zero attached hydrogens (tertiary/aromatic N) is 1. The predicted octanol–water partition coefficient (Wildman–Crippen LogP) is 5.38. The molecule has 284 valence electrons. The van der Waals surface area contributed by atoms with Gasteiger partial charge in [0, 0.05) is 32.1 Å². The van der Waals surface area contributed by atoms with Crippen LogP contribution in [-0.4, -0.2) is 71.5 Å². The molecule has 0 bridgehead atoms. The monoisotopic (exact) mass is 740 g/mol. The number of benzene rings is 3. The summed E-state index contributed by atoms with van der Waals surface area (Å²) in [6, 6.07) is 24.4. The molecule has 3 amide bonds. The highest BCUT2D eigenvalue weighted by Gasteiger charge is 2.50. The molecule has 13 heteroatoms. The number of unbranched alkanes of at least 4 members (excludes halogenated alkanes) is 3. The Hall–Kier alpha value is -5.85. The quantitative estimate of drug-likeness (QED) is 0.0865. The Kier molecular flexibility index (Phi) is 14.1. The lowest BCUT2D eigenvalue weighted by Crippen LogP contribution is -2.61. The van der Waals surface area contributed by atoms with Crippen LogP contribution >= 0.6 is 0 Å². The van der Waals surface area contributed by atoms with Gasteiger partial charge in [-0.25, -0.2) is 19.2 Å². The van der Waals surface area contributed by atoms with Crippen LogP contribution in [0.4, 0.5) is 0 Å². The first-order chi connectivity index (χ1) is 26.1. The molecule has 0 radical (unpaired) electrons. The number of hydrogen-bond donors (Lipinski definition) is 1. The predicted molar refractivity (Wildman–Crippen MR) is 192 cm³/mol. The van der Waals surface area contributed by atoms with E-state index in [-0.39, 0.29) is 48.8 Å². The summed E-state index contributed by atoms with van der Waals surface area (Å²) < 4.78 is 18.1. The van der Waals surface area contributed by atoms with Crippen molar-refractivity contribution in [3.8, 4) is 0 Å². The number of rotatable bonds is 16. The minimum absolute atomic E-state index is 0.0194. The number of carbonyl (C=O) groups excluding carboxylic acids is 7. The maximum absolute atomic E-state index is 13.6. The van der Waals surface area contributed by atoms with Crippen molar-refractivity contribution in [1.82, 2.24) is 10.4 Å². The second-order valence-electron chi connectivity index (χ2n) is 13.4. The lowest BCUT2D eigenvalue weighted by molar-refractivity contribution is -0.197. The SMILES string of the molecule is CC(=O)N[C@H]1C(CCCCCCC(=O)ON2C(=O)CCC2=O)C[C@H](COC(=O)c2ccccc2)[C@H](OC(=O)c2ccccc2)[C@@H]1OC(=O)c1ccccc1. The number of carbonyl (C=O) groups is 7. The molecule has 1 aliphatic carbocycles. The third-order valence-corrected chi connectivity index (χ3v) is 9.47. The van der Waals surface area contributed by atoms with Crippen LogP contribution in [0.25, 0.3) is 0 Å². The van der Waals surface area contributed by atoms with Gasteiger partial charge in [-0.1, -0.05) is 73.9 Å². The first-order valence-corrected chi connectivity index (χ1v) is 18.2. The van der Waals surface area contributed by atoms with Gasteiger partial charge in [0.1, 0.15) is 6.10 Å². The molecule has 54 heavy (non-hydrogen) atoms. The molecule has 5 atom stereocenters. The van der Waals surface area contributed by atoms with E-state index in [2.05, 4.69) is 5.32 Å². The molecule has 2 aliphatic rings. The van der Waals surface area contributed by atoms with Crippen molar-refractivity contribution in [3.63, 3.8) is 0 Å². The van der Waals surface area contributed by atoms with Gasteiger partial charge < -0.3 is 24.4 Å². The molecular formula is C41H44N2O11. The van der Waals surface area contributed by atoms with Gasteiger partial charge in [0.05, 0.1) is 29.3 Å². The molecule has 3 aromatic rings. The zero-order valence-electron chi connectivity index (χ0n) is 30.1. The molecule has 1 saturated carbocycles. The Morgan fingerprint density at radius 1 is 0.648 bits per heavy atom. The van der Waals surface area contributed by atoms with Crippen LogP contribution in [0.2, 0.25) is 0 Å². The van der Waals surface area contributed by atoms with E-state index in [1.807, 2.05) is 0 Å². The number of hydroxylamine groups is 2. The van der Waals surface area contributed by atoms with Gasteiger partial charge in [-0.15, -0.1) is 5.06 Å². The molecular weight excluding hydrogens is 696 g/mol. The summed E-state index contributed by atoms with van der Waals surface area (Å²) in [5.41, 5.74) is 0.873. The maximum Gasteiger partial charge on any atom is 0.338 e. The average molecular weight is 741 g/mol. The van der Waals surface area contributed by atoms with Crippen LogP contribution in [0.5, 0.6) is 0 Å². The van der Waals surface area contributed by atoms with Crippen molar-refractivity contribution < 1.29 is 52.6 Å². The van der Waals surface area contributed by atoms with Crippen LogP contribution in [0.15, 0.2) is 91.0 Å². The summed E-state index contributed by atoms with van der Waals surface area (Å²) in [4.78, 5) is 93.6. The van der Waals surface area contributed by atoms with Crippen molar-refractivity contribution >= 4 is 41.6 Å². The second-order valence-corrected chi connectivity index (χ2v) is 13.4. The van der Waals surface area contributed by atoms with Gasteiger partial charge in [-0.05, 0) is 61.6 Å². The fourth-order valence-electron chi connectivity index (χ4n) is 6.82. The normalized spacial score (nSPS) is 20.8. The molecule has 2 fully saturated rings. The minimum Gasteiger partial charge on any atom is -0.462 e. The third-order valence-electron chi connectivity index (χ3n) is 9.47. The number of imide groups is 1. The molecule has 0 spiro atoms. The number of hydrogen-bond acceptors (Lipinski definition) is 11. The van der Waals surface area contributed by atoms with Gasteiger partial charge in [-0.3, -0.25) is 14.4 Å². The molecule has 13 nitrogen and oxygen atoms in total. The van der Waals surface area contributed by atoms with E-state index in [1.165, 1.54) is 6.92 Å². The highest BCUT2D eigenvalue weighted by molar-refractivity contribution is 6.01. The Morgan fingerprint density at radius 2 is 1.15 bits per heavy atom. The third kappa shape index (κ3) is 10.8. The van der Waals surface area contributed by atoms with E-state index in [0.717, 1.165) is 0 Å². The first kappa shape index (κ1) is 39.4. The summed E-state index contributed by atoms with van der Waals surface area (Å²) in [5.74, 6) is -4.95. The second kappa shape index (κ2) is 19.3. The summed E-state index contributed by atoms with van der Waals surface area (Å²) in [5, 5.41) is 3.50. The van der Waals surface area contributed by atoms with Gasteiger partial charge in [0.2, 0.25) is 5.91 Å². The summed E-state index contributed by atoms with van der Waals surface area (Å²) >= 11 is 0. The van der Waals surface area contributed by atoms with E-state index >= 15 is 0 Å².